The number of hydrogen-bond donors (Lipinski definition) is 1. The molecule has 0 bridgehead atoms. The van der Waals surface area contributed by atoms with Crippen LogP contribution in [-0.4, -0.2) is 42.3 Å². The van der Waals surface area contributed by atoms with Crippen LogP contribution >= 0.6 is 0 Å². The highest BCUT2D eigenvalue weighted by molar-refractivity contribution is 5.88. The maximum atomic E-state index is 12.2. The van der Waals surface area contributed by atoms with Crippen molar-refractivity contribution in [3.05, 3.63) is 41.7 Å². The summed E-state index contributed by atoms with van der Waals surface area (Å²) in [5.41, 5.74) is 2.51. The highest BCUT2D eigenvalue weighted by Gasteiger charge is 2.22. The summed E-state index contributed by atoms with van der Waals surface area (Å²) in [4.78, 5) is 16.3. The minimum atomic E-state index is -0.127. The standard InChI is InChI=1S/C16H20N4O2/c1-12-5-3-4-6-14(12)19-7-9-20(10-8-19)16(21)17-15-11-13(2)22-18-15/h3-6,11H,7-10H2,1-2H3,(H,17,18,21). The average Bonchev–Trinajstić information content (AvgIpc) is 2.93. The van der Waals surface area contributed by atoms with Crippen molar-refractivity contribution in [1.29, 1.82) is 0 Å². The van der Waals surface area contributed by atoms with Gasteiger partial charge in [0.2, 0.25) is 0 Å². The van der Waals surface area contributed by atoms with E-state index in [0.29, 0.717) is 24.7 Å². The van der Waals surface area contributed by atoms with Gasteiger partial charge in [-0.25, -0.2) is 4.79 Å². The molecule has 1 aliphatic rings. The van der Waals surface area contributed by atoms with Crippen LogP contribution in [0.25, 0.3) is 0 Å². The molecule has 116 valence electrons. The first-order chi connectivity index (χ1) is 10.6. The summed E-state index contributed by atoms with van der Waals surface area (Å²) in [7, 11) is 0. The summed E-state index contributed by atoms with van der Waals surface area (Å²) in [6.45, 7) is 6.95. The van der Waals surface area contributed by atoms with Crippen molar-refractivity contribution >= 4 is 17.5 Å². The first-order valence-electron chi connectivity index (χ1n) is 7.43. The van der Waals surface area contributed by atoms with Gasteiger partial charge in [0.25, 0.3) is 0 Å². The largest absolute Gasteiger partial charge is 0.368 e. The average molecular weight is 300 g/mol. The van der Waals surface area contributed by atoms with E-state index in [1.807, 2.05) is 12.1 Å². The van der Waals surface area contributed by atoms with Gasteiger partial charge >= 0.3 is 6.03 Å². The molecule has 0 saturated carbocycles. The van der Waals surface area contributed by atoms with Crippen LogP contribution in [0.15, 0.2) is 34.9 Å². The van der Waals surface area contributed by atoms with E-state index in [4.69, 9.17) is 4.52 Å². The molecule has 1 fully saturated rings. The molecule has 0 unspecified atom stereocenters. The zero-order valence-electron chi connectivity index (χ0n) is 12.9. The van der Waals surface area contributed by atoms with Crippen molar-refractivity contribution in [3.8, 4) is 0 Å². The molecule has 22 heavy (non-hydrogen) atoms. The number of aromatic nitrogens is 1. The number of carbonyl (C=O) groups is 1. The number of amides is 2. The number of nitrogens with one attached hydrogen (secondary N) is 1. The SMILES string of the molecule is Cc1cc(NC(=O)N2CCN(c3ccccc3C)CC2)no1. The van der Waals surface area contributed by atoms with E-state index in [1.165, 1.54) is 11.3 Å². The Morgan fingerprint density at radius 3 is 2.55 bits per heavy atom. The number of piperazine rings is 1. The van der Waals surface area contributed by atoms with E-state index in [-0.39, 0.29) is 6.03 Å². The Labute approximate surface area is 129 Å². The number of hydrogen-bond acceptors (Lipinski definition) is 4. The van der Waals surface area contributed by atoms with E-state index >= 15 is 0 Å². The van der Waals surface area contributed by atoms with Crippen molar-refractivity contribution in [2.24, 2.45) is 0 Å². The van der Waals surface area contributed by atoms with Gasteiger partial charge < -0.3 is 14.3 Å². The summed E-state index contributed by atoms with van der Waals surface area (Å²) in [6.07, 6.45) is 0. The summed E-state index contributed by atoms with van der Waals surface area (Å²) < 4.78 is 4.95. The quantitative estimate of drug-likeness (QED) is 0.926. The van der Waals surface area contributed by atoms with E-state index in [9.17, 15) is 4.79 Å². The Hall–Kier alpha value is -2.50. The van der Waals surface area contributed by atoms with Crippen molar-refractivity contribution in [2.45, 2.75) is 13.8 Å². The predicted octanol–water partition coefficient (Wildman–Crippen LogP) is 2.65. The molecule has 1 aliphatic heterocycles. The van der Waals surface area contributed by atoms with Crippen molar-refractivity contribution in [3.63, 3.8) is 0 Å². The maximum absolute atomic E-state index is 12.2. The number of rotatable bonds is 2. The Bertz CT molecular complexity index is 660. The van der Waals surface area contributed by atoms with Crippen LogP contribution in [0.3, 0.4) is 0 Å². The molecule has 0 atom stereocenters. The van der Waals surface area contributed by atoms with Crippen LogP contribution in [0.1, 0.15) is 11.3 Å². The lowest BCUT2D eigenvalue weighted by Crippen LogP contribution is -2.50. The predicted molar refractivity (Wildman–Crippen MR) is 85.2 cm³/mol. The molecule has 6 nitrogen and oxygen atoms in total. The lowest BCUT2D eigenvalue weighted by Gasteiger charge is -2.36. The van der Waals surface area contributed by atoms with Gasteiger partial charge in [0.15, 0.2) is 5.82 Å². The van der Waals surface area contributed by atoms with Gasteiger partial charge in [0, 0.05) is 37.9 Å². The summed E-state index contributed by atoms with van der Waals surface area (Å²) in [6, 6.07) is 9.92. The Kier molecular flexibility index (Phi) is 4.00. The Morgan fingerprint density at radius 1 is 1.18 bits per heavy atom. The molecule has 0 radical (unpaired) electrons. The van der Waals surface area contributed by atoms with Gasteiger partial charge in [-0.05, 0) is 25.5 Å². The zero-order chi connectivity index (χ0) is 15.5. The highest BCUT2D eigenvalue weighted by Crippen LogP contribution is 2.21. The lowest BCUT2D eigenvalue weighted by atomic mass is 10.1. The second-order valence-electron chi connectivity index (χ2n) is 5.51. The third kappa shape index (κ3) is 3.05. The van der Waals surface area contributed by atoms with E-state index in [2.05, 4.69) is 34.4 Å². The van der Waals surface area contributed by atoms with Gasteiger partial charge in [-0.3, -0.25) is 5.32 Å². The third-order valence-corrected chi connectivity index (χ3v) is 3.89. The van der Waals surface area contributed by atoms with Crippen molar-refractivity contribution in [2.75, 3.05) is 36.4 Å². The van der Waals surface area contributed by atoms with Crippen LogP contribution in [0.5, 0.6) is 0 Å². The number of carbonyl (C=O) groups excluding carboxylic acids is 1. The van der Waals surface area contributed by atoms with Gasteiger partial charge in [0.1, 0.15) is 5.76 Å². The molecule has 6 heteroatoms. The van der Waals surface area contributed by atoms with Gasteiger partial charge in [-0.15, -0.1) is 0 Å². The topological polar surface area (TPSA) is 61.6 Å². The van der Waals surface area contributed by atoms with Crippen LogP contribution in [-0.2, 0) is 0 Å². The number of benzene rings is 1. The van der Waals surface area contributed by atoms with Gasteiger partial charge in [-0.2, -0.15) is 0 Å². The zero-order valence-corrected chi connectivity index (χ0v) is 12.9. The molecule has 1 aromatic carbocycles. The van der Waals surface area contributed by atoms with E-state index in [1.54, 1.807) is 17.9 Å². The van der Waals surface area contributed by atoms with E-state index in [0.717, 1.165) is 13.1 Å². The van der Waals surface area contributed by atoms with E-state index < -0.39 is 0 Å². The van der Waals surface area contributed by atoms with Crippen molar-refractivity contribution < 1.29 is 9.32 Å². The monoisotopic (exact) mass is 300 g/mol. The Balaban J connectivity index is 1.57. The molecule has 2 aromatic rings. The highest BCUT2D eigenvalue weighted by atomic mass is 16.5. The molecule has 1 saturated heterocycles. The minimum absolute atomic E-state index is 0.127. The normalized spacial score (nSPS) is 15.0. The lowest BCUT2D eigenvalue weighted by molar-refractivity contribution is 0.208. The molecule has 0 aliphatic carbocycles. The molecule has 3 rings (SSSR count). The van der Waals surface area contributed by atoms with Gasteiger partial charge in [-0.1, -0.05) is 23.4 Å². The second-order valence-corrected chi connectivity index (χ2v) is 5.51. The smallest absolute Gasteiger partial charge is 0.323 e. The third-order valence-electron chi connectivity index (χ3n) is 3.89. The summed E-state index contributed by atoms with van der Waals surface area (Å²) in [5.74, 6) is 1.14. The molecule has 2 heterocycles. The fourth-order valence-electron chi connectivity index (χ4n) is 2.68. The molecular weight excluding hydrogens is 280 g/mol. The fraction of sp³-hybridized carbons (Fsp3) is 0.375. The molecule has 0 spiro atoms. The summed E-state index contributed by atoms with van der Waals surface area (Å²) in [5, 5.41) is 6.54. The first kappa shape index (κ1) is 14.4. The van der Waals surface area contributed by atoms with Crippen LogP contribution < -0.4 is 10.2 Å². The summed E-state index contributed by atoms with van der Waals surface area (Å²) >= 11 is 0. The number of urea groups is 1. The molecule has 1 N–H and O–H groups in total. The molecular formula is C16H20N4O2. The van der Waals surface area contributed by atoms with Crippen molar-refractivity contribution in [1.82, 2.24) is 10.1 Å². The fourth-order valence-corrected chi connectivity index (χ4v) is 2.68. The number of anilines is 2. The maximum Gasteiger partial charge on any atom is 0.323 e. The number of para-hydroxylation sites is 1. The minimum Gasteiger partial charge on any atom is -0.368 e. The van der Waals surface area contributed by atoms with Crippen LogP contribution in [0.2, 0.25) is 0 Å². The Morgan fingerprint density at radius 2 is 1.91 bits per heavy atom. The number of aryl methyl sites for hydroxylation is 2. The molecule has 1 aromatic heterocycles. The van der Waals surface area contributed by atoms with Gasteiger partial charge in [0.05, 0.1) is 0 Å². The van der Waals surface area contributed by atoms with Crippen LogP contribution in [0, 0.1) is 13.8 Å². The van der Waals surface area contributed by atoms with Crippen LogP contribution in [0.4, 0.5) is 16.3 Å². The second kappa shape index (κ2) is 6.09. The number of nitrogens with zero attached hydrogens (tertiary/aromatic N) is 3. The molecule has 2 amide bonds. The first-order valence-corrected chi connectivity index (χ1v) is 7.43.